The maximum atomic E-state index is 14.2. The van der Waals surface area contributed by atoms with Crippen LogP contribution in [-0.4, -0.2) is 20.2 Å². The summed E-state index contributed by atoms with van der Waals surface area (Å²) in [5, 5.41) is 14.2. The highest BCUT2D eigenvalue weighted by Crippen LogP contribution is 2.39. The zero-order valence-corrected chi connectivity index (χ0v) is 16.5. The average Bonchev–Trinajstić information content (AvgIpc) is 3.41. The predicted octanol–water partition coefficient (Wildman–Crippen LogP) is 5.35. The molecule has 0 radical (unpaired) electrons. The van der Waals surface area contributed by atoms with Crippen molar-refractivity contribution >= 4 is 29.1 Å². The summed E-state index contributed by atoms with van der Waals surface area (Å²) in [4.78, 5) is 9.03. The van der Waals surface area contributed by atoms with Gasteiger partial charge in [-0.15, -0.1) is 0 Å². The molecule has 0 spiro atoms. The van der Waals surface area contributed by atoms with E-state index in [2.05, 4.69) is 30.8 Å². The molecule has 4 rings (SSSR count). The van der Waals surface area contributed by atoms with Crippen molar-refractivity contribution in [2.75, 3.05) is 10.6 Å². The first-order valence-corrected chi connectivity index (χ1v) is 9.81. The summed E-state index contributed by atoms with van der Waals surface area (Å²) in [6, 6.07) is 8.21. The first-order chi connectivity index (χ1) is 13.5. The number of anilines is 3. The fourth-order valence-corrected chi connectivity index (χ4v) is 3.24. The molecule has 6 nitrogen and oxygen atoms in total. The minimum absolute atomic E-state index is 0.281. The van der Waals surface area contributed by atoms with E-state index in [1.54, 1.807) is 18.2 Å². The second-order valence-corrected chi connectivity index (χ2v) is 7.48. The standard InChI is InChI=1S/C20H22ClFN6/c1-3-17-24-18(23-11(2)14-7-6-13(21)8-15(14)22)10-19(25-17)26-20-9-16(27-28-20)12-4-5-12/h6-12H,3-5H2,1-2H3,(H3,23,24,25,26,27,28). The zero-order chi connectivity index (χ0) is 19.7. The van der Waals surface area contributed by atoms with Crippen LogP contribution < -0.4 is 10.6 Å². The van der Waals surface area contributed by atoms with Gasteiger partial charge in [0.05, 0.1) is 6.04 Å². The van der Waals surface area contributed by atoms with E-state index in [1.807, 2.05) is 19.9 Å². The van der Waals surface area contributed by atoms with Crippen molar-refractivity contribution in [3.63, 3.8) is 0 Å². The number of aryl methyl sites for hydroxylation is 1. The molecule has 1 fully saturated rings. The van der Waals surface area contributed by atoms with Crippen LogP contribution in [0.3, 0.4) is 0 Å². The maximum absolute atomic E-state index is 14.2. The second-order valence-electron chi connectivity index (χ2n) is 7.05. The third-order valence-corrected chi connectivity index (χ3v) is 4.99. The van der Waals surface area contributed by atoms with Gasteiger partial charge in [0.2, 0.25) is 0 Å². The van der Waals surface area contributed by atoms with Crippen LogP contribution in [0, 0.1) is 5.82 Å². The maximum Gasteiger partial charge on any atom is 0.153 e. The molecule has 0 bridgehead atoms. The van der Waals surface area contributed by atoms with Crippen LogP contribution in [-0.2, 0) is 6.42 Å². The minimum Gasteiger partial charge on any atom is -0.363 e. The summed E-state index contributed by atoms with van der Waals surface area (Å²) in [6.07, 6.45) is 3.10. The lowest BCUT2D eigenvalue weighted by molar-refractivity contribution is 0.600. The highest BCUT2D eigenvalue weighted by molar-refractivity contribution is 6.30. The van der Waals surface area contributed by atoms with Gasteiger partial charge in [-0.05, 0) is 31.9 Å². The van der Waals surface area contributed by atoms with Gasteiger partial charge in [0.1, 0.15) is 23.3 Å². The largest absolute Gasteiger partial charge is 0.363 e. The number of aromatic nitrogens is 4. The molecule has 0 amide bonds. The van der Waals surface area contributed by atoms with Crippen LogP contribution in [0.5, 0.6) is 0 Å². The Morgan fingerprint density at radius 3 is 2.68 bits per heavy atom. The normalized spacial score (nSPS) is 14.7. The van der Waals surface area contributed by atoms with Crippen molar-refractivity contribution in [2.24, 2.45) is 0 Å². The van der Waals surface area contributed by atoms with Gasteiger partial charge in [0, 0.05) is 40.8 Å². The SMILES string of the molecule is CCc1nc(Nc2cc(C3CC3)[nH]n2)cc(NC(C)c2ccc(Cl)cc2F)n1. The fraction of sp³-hybridized carbons (Fsp3) is 0.350. The van der Waals surface area contributed by atoms with Crippen LogP contribution in [0.15, 0.2) is 30.3 Å². The van der Waals surface area contributed by atoms with E-state index in [4.69, 9.17) is 11.6 Å². The first-order valence-electron chi connectivity index (χ1n) is 9.43. The number of hydrogen-bond acceptors (Lipinski definition) is 5. The highest BCUT2D eigenvalue weighted by atomic mass is 35.5. The number of hydrogen-bond donors (Lipinski definition) is 3. The molecule has 2 heterocycles. The molecule has 1 unspecified atom stereocenters. The van der Waals surface area contributed by atoms with Gasteiger partial charge >= 0.3 is 0 Å². The van der Waals surface area contributed by atoms with Crippen molar-refractivity contribution in [1.82, 2.24) is 20.2 Å². The number of nitrogens with one attached hydrogen (secondary N) is 3. The minimum atomic E-state index is -0.347. The Morgan fingerprint density at radius 1 is 1.18 bits per heavy atom. The number of H-pyrrole nitrogens is 1. The molecule has 0 saturated heterocycles. The smallest absolute Gasteiger partial charge is 0.153 e. The molecule has 3 aromatic rings. The quantitative estimate of drug-likeness (QED) is 0.498. The van der Waals surface area contributed by atoms with Crippen molar-refractivity contribution in [3.8, 4) is 0 Å². The Hall–Kier alpha value is -2.67. The first kappa shape index (κ1) is 18.7. The molecule has 1 aliphatic carbocycles. The molecular formula is C20H22ClFN6. The van der Waals surface area contributed by atoms with Gasteiger partial charge < -0.3 is 10.6 Å². The van der Waals surface area contributed by atoms with E-state index in [9.17, 15) is 4.39 Å². The topological polar surface area (TPSA) is 78.5 Å². The Bertz CT molecular complexity index is 985. The van der Waals surface area contributed by atoms with Crippen molar-refractivity contribution in [2.45, 2.75) is 45.1 Å². The lowest BCUT2D eigenvalue weighted by Crippen LogP contribution is -2.11. The average molecular weight is 401 g/mol. The molecule has 1 atom stereocenters. The van der Waals surface area contributed by atoms with E-state index in [1.165, 1.54) is 18.9 Å². The highest BCUT2D eigenvalue weighted by Gasteiger charge is 2.25. The third kappa shape index (κ3) is 4.25. The molecule has 146 valence electrons. The summed E-state index contributed by atoms with van der Waals surface area (Å²) in [5.41, 5.74) is 1.68. The van der Waals surface area contributed by atoms with E-state index >= 15 is 0 Å². The van der Waals surface area contributed by atoms with Gasteiger partial charge in [-0.3, -0.25) is 5.10 Å². The van der Waals surface area contributed by atoms with Gasteiger partial charge in [-0.1, -0.05) is 24.6 Å². The van der Waals surface area contributed by atoms with E-state index < -0.39 is 0 Å². The summed E-state index contributed by atoms with van der Waals surface area (Å²) < 4.78 is 14.2. The van der Waals surface area contributed by atoms with E-state index in [0.29, 0.717) is 40.4 Å². The van der Waals surface area contributed by atoms with Crippen LogP contribution in [0.4, 0.5) is 21.8 Å². The molecule has 0 aliphatic heterocycles. The fourth-order valence-electron chi connectivity index (χ4n) is 3.08. The lowest BCUT2D eigenvalue weighted by atomic mass is 10.1. The molecule has 1 aliphatic rings. The molecular weight excluding hydrogens is 379 g/mol. The van der Waals surface area contributed by atoms with Gasteiger partial charge in [-0.25, -0.2) is 14.4 Å². The van der Waals surface area contributed by atoms with E-state index in [0.717, 1.165) is 11.5 Å². The van der Waals surface area contributed by atoms with Crippen molar-refractivity contribution in [1.29, 1.82) is 0 Å². The van der Waals surface area contributed by atoms with Crippen molar-refractivity contribution in [3.05, 3.63) is 58.3 Å². The van der Waals surface area contributed by atoms with Crippen molar-refractivity contribution < 1.29 is 4.39 Å². The number of rotatable bonds is 7. The van der Waals surface area contributed by atoms with Crippen LogP contribution in [0.2, 0.25) is 5.02 Å². The molecule has 28 heavy (non-hydrogen) atoms. The third-order valence-electron chi connectivity index (χ3n) is 4.75. The van der Waals surface area contributed by atoms with Gasteiger partial charge in [0.15, 0.2) is 5.82 Å². The molecule has 3 N–H and O–H groups in total. The number of nitrogens with zero attached hydrogens (tertiary/aromatic N) is 3. The molecule has 8 heteroatoms. The Kier molecular flexibility index (Phi) is 5.17. The number of benzene rings is 1. The molecule has 2 aromatic heterocycles. The lowest BCUT2D eigenvalue weighted by Gasteiger charge is -2.17. The summed E-state index contributed by atoms with van der Waals surface area (Å²) in [5.74, 6) is 2.94. The van der Waals surface area contributed by atoms with Crippen LogP contribution in [0.1, 0.15) is 55.7 Å². The molecule has 1 saturated carbocycles. The Labute approximate surface area is 167 Å². The summed E-state index contributed by atoms with van der Waals surface area (Å²) >= 11 is 5.85. The second kappa shape index (κ2) is 7.75. The Morgan fingerprint density at radius 2 is 1.96 bits per heavy atom. The van der Waals surface area contributed by atoms with Crippen LogP contribution >= 0.6 is 11.6 Å². The number of halogens is 2. The number of aromatic amines is 1. The van der Waals surface area contributed by atoms with Crippen LogP contribution in [0.25, 0.3) is 0 Å². The predicted molar refractivity (Wildman–Crippen MR) is 109 cm³/mol. The summed E-state index contributed by atoms with van der Waals surface area (Å²) in [7, 11) is 0. The van der Waals surface area contributed by atoms with Gasteiger partial charge in [-0.2, -0.15) is 5.10 Å². The molecule has 1 aromatic carbocycles. The van der Waals surface area contributed by atoms with Gasteiger partial charge in [0.25, 0.3) is 0 Å². The summed E-state index contributed by atoms with van der Waals surface area (Å²) in [6.45, 7) is 3.87. The zero-order valence-electron chi connectivity index (χ0n) is 15.8. The van der Waals surface area contributed by atoms with E-state index in [-0.39, 0.29) is 11.9 Å². The monoisotopic (exact) mass is 400 g/mol. The Balaban J connectivity index is 1.53.